The van der Waals surface area contributed by atoms with E-state index in [2.05, 4.69) is 30.0 Å². The van der Waals surface area contributed by atoms with E-state index < -0.39 is 0 Å². The summed E-state index contributed by atoms with van der Waals surface area (Å²) in [6.07, 6.45) is 9.49. The molecule has 21 heavy (non-hydrogen) atoms. The molecule has 3 nitrogen and oxygen atoms in total. The van der Waals surface area contributed by atoms with E-state index in [-0.39, 0.29) is 0 Å². The summed E-state index contributed by atoms with van der Waals surface area (Å²) < 4.78 is 6.02. The van der Waals surface area contributed by atoms with Crippen molar-refractivity contribution in [3.8, 4) is 0 Å². The Morgan fingerprint density at radius 3 is 2.67 bits per heavy atom. The van der Waals surface area contributed by atoms with Crippen LogP contribution in [0.3, 0.4) is 0 Å². The van der Waals surface area contributed by atoms with Crippen molar-refractivity contribution in [2.45, 2.75) is 51.2 Å². The Bertz CT molecular complexity index is 284. The minimum absolute atomic E-state index is 0.435. The maximum Gasteiger partial charge on any atom is 0.0792 e. The summed E-state index contributed by atoms with van der Waals surface area (Å²) in [4.78, 5) is 5.19. The van der Waals surface area contributed by atoms with Crippen molar-refractivity contribution in [2.75, 3.05) is 51.8 Å². The Labute approximate surface area is 135 Å². The highest BCUT2D eigenvalue weighted by Gasteiger charge is 2.27. The summed E-state index contributed by atoms with van der Waals surface area (Å²) in [5.41, 5.74) is 0. The van der Waals surface area contributed by atoms with Gasteiger partial charge in [0.1, 0.15) is 0 Å². The molecule has 2 aliphatic rings. The molecule has 3 atom stereocenters. The lowest BCUT2D eigenvalue weighted by molar-refractivity contribution is -0.0484. The van der Waals surface area contributed by atoms with E-state index in [0.29, 0.717) is 12.1 Å². The van der Waals surface area contributed by atoms with Gasteiger partial charge in [0.05, 0.1) is 12.7 Å². The van der Waals surface area contributed by atoms with Gasteiger partial charge < -0.3 is 9.64 Å². The molecule has 0 aromatic rings. The van der Waals surface area contributed by atoms with Gasteiger partial charge in [-0.3, -0.25) is 4.90 Å². The zero-order valence-corrected chi connectivity index (χ0v) is 15.0. The molecule has 2 heterocycles. The van der Waals surface area contributed by atoms with Crippen molar-refractivity contribution >= 4 is 11.8 Å². The fourth-order valence-corrected chi connectivity index (χ4v) is 4.17. The van der Waals surface area contributed by atoms with Gasteiger partial charge in [-0.25, -0.2) is 0 Å². The first-order valence-corrected chi connectivity index (χ1v) is 10.1. The van der Waals surface area contributed by atoms with E-state index >= 15 is 0 Å². The normalized spacial score (nSPS) is 30.4. The Morgan fingerprint density at radius 2 is 2.00 bits per heavy atom. The van der Waals surface area contributed by atoms with E-state index in [4.69, 9.17) is 4.74 Å². The van der Waals surface area contributed by atoms with E-state index in [9.17, 15) is 0 Å². The van der Waals surface area contributed by atoms with Gasteiger partial charge in [-0.05, 0) is 64.5 Å². The molecule has 4 heteroatoms. The molecule has 0 aromatic carbocycles. The summed E-state index contributed by atoms with van der Waals surface area (Å²) in [5.74, 6) is 1.93. The number of piperidine rings is 1. The predicted octanol–water partition coefficient (Wildman–Crippen LogP) is 2.95. The van der Waals surface area contributed by atoms with Gasteiger partial charge in [-0.15, -0.1) is 0 Å². The van der Waals surface area contributed by atoms with Crippen molar-refractivity contribution in [3.63, 3.8) is 0 Å². The highest BCUT2D eigenvalue weighted by Crippen LogP contribution is 2.21. The maximum absolute atomic E-state index is 6.02. The molecule has 2 aliphatic heterocycles. The summed E-state index contributed by atoms with van der Waals surface area (Å²) in [5, 5.41) is 0. The van der Waals surface area contributed by atoms with Crippen LogP contribution in [-0.2, 0) is 4.74 Å². The molecule has 2 saturated heterocycles. The Morgan fingerprint density at radius 1 is 1.24 bits per heavy atom. The second-order valence-electron chi connectivity index (χ2n) is 7.04. The van der Waals surface area contributed by atoms with Crippen LogP contribution in [0.25, 0.3) is 0 Å². The number of ether oxygens (including phenoxy) is 1. The third-order valence-corrected chi connectivity index (χ3v) is 5.76. The van der Waals surface area contributed by atoms with Gasteiger partial charge in [0, 0.05) is 18.3 Å². The summed E-state index contributed by atoms with van der Waals surface area (Å²) in [7, 11) is 2.28. The van der Waals surface area contributed by atoms with Crippen LogP contribution in [-0.4, -0.2) is 73.8 Å². The molecule has 3 unspecified atom stereocenters. The van der Waals surface area contributed by atoms with Crippen LogP contribution in [0.2, 0.25) is 0 Å². The maximum atomic E-state index is 6.02. The van der Waals surface area contributed by atoms with E-state index in [1.54, 1.807) is 0 Å². The second kappa shape index (κ2) is 9.39. The Balaban J connectivity index is 1.64. The monoisotopic (exact) mass is 314 g/mol. The van der Waals surface area contributed by atoms with Crippen molar-refractivity contribution in [1.82, 2.24) is 9.80 Å². The highest BCUT2D eigenvalue weighted by molar-refractivity contribution is 7.98. The zero-order valence-electron chi connectivity index (χ0n) is 14.2. The molecule has 0 bridgehead atoms. The van der Waals surface area contributed by atoms with Gasteiger partial charge in [0.25, 0.3) is 0 Å². The van der Waals surface area contributed by atoms with Crippen LogP contribution in [0.1, 0.15) is 39.0 Å². The van der Waals surface area contributed by atoms with Crippen LogP contribution >= 0.6 is 11.8 Å². The van der Waals surface area contributed by atoms with Gasteiger partial charge in [-0.2, -0.15) is 11.8 Å². The van der Waals surface area contributed by atoms with Gasteiger partial charge in [-0.1, -0.05) is 13.3 Å². The number of thioether (sulfide) groups is 1. The third kappa shape index (κ3) is 6.09. The number of hydrogen-bond donors (Lipinski definition) is 0. The molecule has 0 aromatic heterocycles. The van der Waals surface area contributed by atoms with Crippen LogP contribution in [0.4, 0.5) is 0 Å². The lowest BCUT2D eigenvalue weighted by Crippen LogP contribution is -2.49. The first-order valence-electron chi connectivity index (χ1n) is 8.72. The third-order valence-electron chi connectivity index (χ3n) is 5.05. The van der Waals surface area contributed by atoms with E-state index in [1.165, 1.54) is 51.7 Å². The van der Waals surface area contributed by atoms with E-state index in [0.717, 1.165) is 24.8 Å². The lowest BCUT2D eigenvalue weighted by atomic mass is 9.96. The molecule has 0 radical (unpaired) electrons. The zero-order chi connectivity index (χ0) is 15.1. The number of likely N-dealkylation sites (N-methyl/N-ethyl adjacent to an activating group) is 1. The minimum Gasteiger partial charge on any atom is -0.374 e. The van der Waals surface area contributed by atoms with Crippen molar-refractivity contribution in [2.24, 2.45) is 5.92 Å². The van der Waals surface area contributed by atoms with Crippen LogP contribution in [0.15, 0.2) is 0 Å². The van der Waals surface area contributed by atoms with Crippen molar-refractivity contribution in [3.05, 3.63) is 0 Å². The molecule has 2 rings (SSSR count). The average Bonchev–Trinajstić information content (AvgIpc) is 2.49. The molecule has 0 N–H and O–H groups in total. The molecule has 0 spiro atoms. The highest BCUT2D eigenvalue weighted by atomic mass is 32.2. The van der Waals surface area contributed by atoms with Crippen LogP contribution in [0.5, 0.6) is 0 Å². The van der Waals surface area contributed by atoms with Gasteiger partial charge >= 0.3 is 0 Å². The fourth-order valence-electron chi connectivity index (χ4n) is 3.60. The van der Waals surface area contributed by atoms with E-state index in [1.807, 2.05) is 11.8 Å². The Kier molecular flexibility index (Phi) is 7.86. The number of nitrogens with zero attached hydrogens (tertiary/aromatic N) is 2. The number of likely N-dealkylation sites (tertiary alicyclic amines) is 1. The molecule has 124 valence electrons. The summed E-state index contributed by atoms with van der Waals surface area (Å²) in [6.45, 7) is 8.41. The summed E-state index contributed by atoms with van der Waals surface area (Å²) in [6, 6.07) is 0.625. The first-order chi connectivity index (χ1) is 10.2. The number of rotatable bonds is 7. The van der Waals surface area contributed by atoms with Crippen molar-refractivity contribution < 1.29 is 4.74 Å². The van der Waals surface area contributed by atoms with Crippen molar-refractivity contribution in [1.29, 1.82) is 0 Å². The minimum atomic E-state index is 0.435. The van der Waals surface area contributed by atoms with Crippen LogP contribution in [0, 0.1) is 5.92 Å². The molecule has 0 aliphatic carbocycles. The standard InChI is InChI=1S/C17H34N2OS/c1-15(7-10-19-8-5-4-6-9-19)11-16-13-20-17(14-21-3)12-18(16)2/h15-17H,4-14H2,1-3H3. The lowest BCUT2D eigenvalue weighted by Gasteiger charge is -2.38. The SMILES string of the molecule is CSCC1CN(C)C(CC(C)CCN2CCCCC2)CO1. The largest absolute Gasteiger partial charge is 0.374 e. The molecule has 0 amide bonds. The second-order valence-corrected chi connectivity index (χ2v) is 7.95. The number of morpholine rings is 1. The Hall–Kier alpha value is 0.230. The predicted molar refractivity (Wildman–Crippen MR) is 93.2 cm³/mol. The molecular formula is C17H34N2OS. The molecule has 0 saturated carbocycles. The smallest absolute Gasteiger partial charge is 0.0792 e. The fraction of sp³-hybridized carbons (Fsp3) is 1.00. The van der Waals surface area contributed by atoms with Crippen LogP contribution < -0.4 is 0 Å². The molecular weight excluding hydrogens is 280 g/mol. The topological polar surface area (TPSA) is 15.7 Å². The number of hydrogen-bond acceptors (Lipinski definition) is 4. The molecule has 2 fully saturated rings. The first kappa shape index (κ1) is 17.6. The average molecular weight is 315 g/mol. The van der Waals surface area contributed by atoms with Gasteiger partial charge in [0.15, 0.2) is 0 Å². The summed E-state index contributed by atoms with van der Waals surface area (Å²) >= 11 is 1.89. The quantitative estimate of drug-likeness (QED) is 0.717. The van der Waals surface area contributed by atoms with Gasteiger partial charge in [0.2, 0.25) is 0 Å².